The Morgan fingerprint density at radius 2 is 1.31 bits per heavy atom. The van der Waals surface area contributed by atoms with Crippen LogP contribution in [0, 0.1) is 17.3 Å². The van der Waals surface area contributed by atoms with Gasteiger partial charge in [0, 0.05) is 20.1 Å². The molecule has 4 saturated carbocycles. The largest absolute Gasteiger partial charge is 0.466 e. The van der Waals surface area contributed by atoms with Crippen molar-refractivity contribution < 1.29 is 35.5 Å². The molecule has 4 atom stereocenters. The SMILES string of the molecule is CC(C)(C)c1ccc(S(OS(=O)(=O)C(F)(F)C(=O)OCC23C[C@@H]4C[C@@H](CC(O)(C4)C2)C3)(c2ccccc2)c2ccccc2)cc1. The van der Waals surface area contributed by atoms with Gasteiger partial charge in [0.15, 0.2) is 0 Å². The van der Waals surface area contributed by atoms with Gasteiger partial charge in [-0.1, -0.05) is 69.3 Å². The molecular weight excluding hydrogens is 619 g/mol. The minimum absolute atomic E-state index is 0.216. The average Bonchev–Trinajstić information content (AvgIpc) is 2.98. The monoisotopic (exact) mass is 658 g/mol. The van der Waals surface area contributed by atoms with Gasteiger partial charge in [-0.05, 0) is 108 Å². The predicted octanol–water partition coefficient (Wildman–Crippen LogP) is 7.99. The fourth-order valence-corrected chi connectivity index (χ4v) is 13.1. The van der Waals surface area contributed by atoms with Gasteiger partial charge in [0.2, 0.25) is 0 Å². The molecule has 6 nitrogen and oxygen atoms in total. The number of aliphatic hydroxyl groups is 1. The van der Waals surface area contributed by atoms with Crippen molar-refractivity contribution in [2.75, 3.05) is 6.61 Å². The van der Waals surface area contributed by atoms with Crippen molar-refractivity contribution in [1.82, 2.24) is 0 Å². The zero-order chi connectivity index (χ0) is 32.3. The Balaban J connectivity index is 1.36. The summed E-state index contributed by atoms with van der Waals surface area (Å²) in [6.07, 6.45) is 3.98. The molecule has 0 saturated heterocycles. The summed E-state index contributed by atoms with van der Waals surface area (Å²) in [7, 11) is -9.25. The van der Waals surface area contributed by atoms with Crippen LogP contribution in [-0.2, 0) is 28.7 Å². The van der Waals surface area contributed by atoms with E-state index in [0.29, 0.717) is 46.8 Å². The van der Waals surface area contributed by atoms with Crippen LogP contribution in [0.25, 0.3) is 0 Å². The first-order chi connectivity index (χ1) is 21.1. The van der Waals surface area contributed by atoms with E-state index in [2.05, 4.69) is 0 Å². The highest BCUT2D eigenvalue weighted by molar-refractivity contribution is 8.33. The molecule has 0 aromatic heterocycles. The number of benzene rings is 3. The number of hydrogen-bond acceptors (Lipinski definition) is 6. The van der Waals surface area contributed by atoms with Crippen molar-refractivity contribution in [3.05, 3.63) is 90.5 Å². The van der Waals surface area contributed by atoms with E-state index in [0.717, 1.165) is 12.0 Å². The molecule has 3 aromatic rings. The number of rotatable bonds is 9. The van der Waals surface area contributed by atoms with Crippen molar-refractivity contribution in [1.29, 1.82) is 0 Å². The first-order valence-electron chi connectivity index (χ1n) is 15.3. The van der Waals surface area contributed by atoms with Crippen LogP contribution in [0.2, 0.25) is 0 Å². The summed E-state index contributed by atoms with van der Waals surface area (Å²) in [6.45, 7) is 5.74. The Morgan fingerprint density at radius 3 is 1.78 bits per heavy atom. The molecule has 45 heavy (non-hydrogen) atoms. The van der Waals surface area contributed by atoms with Crippen LogP contribution < -0.4 is 0 Å². The van der Waals surface area contributed by atoms with E-state index in [1.807, 2.05) is 32.9 Å². The molecule has 0 spiro atoms. The quantitative estimate of drug-likeness (QED) is 0.235. The number of carbonyl (C=O) groups excluding carboxylic acids is 1. The number of alkyl halides is 2. The third kappa shape index (κ3) is 5.83. The Hall–Kier alpha value is -2.79. The van der Waals surface area contributed by atoms with E-state index in [9.17, 15) is 18.3 Å². The second-order valence-corrected chi connectivity index (χ2v) is 18.7. The van der Waals surface area contributed by atoms with Gasteiger partial charge >= 0.3 is 21.3 Å². The minimum Gasteiger partial charge on any atom is -0.460 e. The zero-order valence-electron chi connectivity index (χ0n) is 25.7. The first-order valence-corrected chi connectivity index (χ1v) is 18.3. The minimum atomic E-state index is -5.91. The topological polar surface area (TPSA) is 89.9 Å². The maximum absolute atomic E-state index is 15.9. The molecule has 4 aliphatic rings. The van der Waals surface area contributed by atoms with Crippen LogP contribution in [0.1, 0.15) is 64.9 Å². The van der Waals surface area contributed by atoms with E-state index >= 15 is 8.78 Å². The molecule has 7 rings (SSSR count). The number of halogens is 2. The maximum Gasteiger partial charge on any atom is 0.466 e. The number of carbonyl (C=O) groups is 1. The lowest BCUT2D eigenvalue weighted by Crippen LogP contribution is -2.57. The summed E-state index contributed by atoms with van der Waals surface area (Å²) in [4.78, 5) is 14.2. The molecule has 4 aliphatic carbocycles. The maximum atomic E-state index is 15.9. The van der Waals surface area contributed by atoms with Crippen molar-refractivity contribution >= 4 is 26.4 Å². The van der Waals surface area contributed by atoms with Crippen LogP contribution in [-0.4, -0.2) is 37.0 Å². The molecule has 2 unspecified atom stereocenters. The van der Waals surface area contributed by atoms with Crippen molar-refractivity contribution in [2.24, 2.45) is 17.3 Å². The summed E-state index contributed by atoms with van der Waals surface area (Å²) in [5.74, 6) is -1.68. The standard InChI is InChI=1S/C35H40F2O6S2/c1-32(2,3)27-14-16-30(17-15-27)44(28-10-6-4-7-11-28,29-12-8-5-9-13-29)43-45(40,41)35(36,37)31(38)42-24-33-19-25-18-26(20-33)22-34(39,21-25)23-33/h4-17,25-26,39H,18-24H2,1-3H3/t25-,26+,33?,34?. The van der Waals surface area contributed by atoms with Gasteiger partial charge in [-0.3, -0.25) is 0 Å². The smallest absolute Gasteiger partial charge is 0.460 e. The summed E-state index contributed by atoms with van der Waals surface area (Å²) >= 11 is 0. The van der Waals surface area contributed by atoms with Gasteiger partial charge < -0.3 is 9.84 Å². The van der Waals surface area contributed by atoms with Crippen LogP contribution in [0.3, 0.4) is 0 Å². The van der Waals surface area contributed by atoms with Crippen LogP contribution in [0.15, 0.2) is 99.6 Å². The van der Waals surface area contributed by atoms with Crippen LogP contribution >= 0.6 is 10.3 Å². The van der Waals surface area contributed by atoms with Gasteiger partial charge in [0.25, 0.3) is 0 Å². The molecule has 0 heterocycles. The Labute approximate surface area is 265 Å². The van der Waals surface area contributed by atoms with Gasteiger partial charge in [0.05, 0.1) is 12.2 Å². The summed E-state index contributed by atoms with van der Waals surface area (Å²) < 4.78 is 70.2. The second kappa shape index (κ2) is 11.2. The fourth-order valence-electron chi connectivity index (χ4n) is 8.05. The van der Waals surface area contributed by atoms with Crippen molar-refractivity contribution in [3.8, 4) is 0 Å². The molecule has 242 valence electrons. The lowest BCUT2D eigenvalue weighted by molar-refractivity contribution is -0.193. The lowest BCUT2D eigenvalue weighted by Gasteiger charge is -2.59. The van der Waals surface area contributed by atoms with E-state index < -0.39 is 42.7 Å². The number of ether oxygens (including phenoxy) is 1. The summed E-state index contributed by atoms with van der Waals surface area (Å²) in [5.41, 5.74) is -0.767. The summed E-state index contributed by atoms with van der Waals surface area (Å²) in [6, 6.07) is 23.9. The van der Waals surface area contributed by atoms with E-state index in [1.54, 1.807) is 72.8 Å². The Kier molecular flexibility index (Phi) is 7.99. The number of esters is 1. The molecule has 0 amide bonds. The number of hydrogen-bond donors (Lipinski definition) is 1. The Morgan fingerprint density at radius 1 is 0.822 bits per heavy atom. The normalized spacial score (nSPS) is 26.9. The molecule has 0 aliphatic heterocycles. The molecule has 1 N–H and O–H groups in total. The molecule has 4 fully saturated rings. The third-order valence-electron chi connectivity index (χ3n) is 9.61. The molecular formula is C35H40F2O6S2. The van der Waals surface area contributed by atoms with Crippen molar-refractivity contribution in [3.63, 3.8) is 0 Å². The predicted molar refractivity (Wildman–Crippen MR) is 168 cm³/mol. The molecule has 3 aromatic carbocycles. The van der Waals surface area contributed by atoms with Gasteiger partial charge in [-0.15, -0.1) is 0 Å². The molecule has 4 bridgehead atoms. The fraction of sp³-hybridized carbons (Fsp3) is 0.457. The molecule has 10 heteroatoms. The van der Waals surface area contributed by atoms with Gasteiger partial charge in [-0.2, -0.15) is 17.2 Å². The second-order valence-electron chi connectivity index (χ2n) is 14.3. The summed E-state index contributed by atoms with van der Waals surface area (Å²) in [5, 5.41) is 6.05. The van der Waals surface area contributed by atoms with Crippen LogP contribution in [0.5, 0.6) is 0 Å². The highest BCUT2D eigenvalue weighted by atomic mass is 32.3. The highest BCUT2D eigenvalue weighted by Gasteiger charge is 2.61. The zero-order valence-corrected chi connectivity index (χ0v) is 27.4. The third-order valence-corrected chi connectivity index (χ3v) is 14.7. The van der Waals surface area contributed by atoms with Gasteiger partial charge in [-0.25, -0.2) is 8.42 Å². The van der Waals surface area contributed by atoms with E-state index in [1.165, 1.54) is 0 Å². The highest BCUT2D eigenvalue weighted by Crippen LogP contribution is 2.70. The van der Waals surface area contributed by atoms with Gasteiger partial charge in [0.1, 0.15) is 0 Å². The molecule has 0 radical (unpaired) electrons. The lowest BCUT2D eigenvalue weighted by atomic mass is 9.48. The Bertz CT molecular complexity index is 1600. The van der Waals surface area contributed by atoms with E-state index in [-0.39, 0.29) is 23.9 Å². The van der Waals surface area contributed by atoms with Crippen molar-refractivity contribution in [2.45, 2.75) is 90.3 Å². The first kappa shape index (κ1) is 32.2. The average molecular weight is 659 g/mol. The van der Waals surface area contributed by atoms with Crippen LogP contribution in [0.4, 0.5) is 8.78 Å². The van der Waals surface area contributed by atoms with E-state index in [4.69, 9.17) is 8.37 Å².